The van der Waals surface area contributed by atoms with Crippen LogP contribution in [0.3, 0.4) is 0 Å². The summed E-state index contributed by atoms with van der Waals surface area (Å²) in [6, 6.07) is 0. The van der Waals surface area contributed by atoms with Crippen molar-refractivity contribution in [1.82, 2.24) is 0 Å². The molecule has 0 unspecified atom stereocenters. The highest BCUT2D eigenvalue weighted by atomic mass is 19.3. The molecule has 0 bridgehead atoms. The van der Waals surface area contributed by atoms with Crippen LogP contribution in [0.15, 0.2) is 0 Å². The van der Waals surface area contributed by atoms with Gasteiger partial charge in [-0.15, -0.1) is 0 Å². The highest BCUT2D eigenvalue weighted by Crippen LogP contribution is 2.46. The van der Waals surface area contributed by atoms with Gasteiger partial charge in [0.15, 0.2) is 0 Å². The molecule has 0 aromatic rings. The lowest BCUT2D eigenvalue weighted by atomic mass is 9.70. The van der Waals surface area contributed by atoms with Gasteiger partial charge in [0, 0.05) is 12.8 Å². The number of alkyl halides is 2. The number of halogens is 2. The Morgan fingerprint density at radius 3 is 2.00 bits per heavy atom. The van der Waals surface area contributed by atoms with Crippen molar-refractivity contribution in [3.8, 4) is 0 Å². The quantitative estimate of drug-likeness (QED) is 0.806. The van der Waals surface area contributed by atoms with E-state index >= 15 is 0 Å². The summed E-state index contributed by atoms with van der Waals surface area (Å²) in [5.41, 5.74) is -2.13. The lowest BCUT2D eigenvalue weighted by Crippen LogP contribution is -2.41. The number of carbonyl (C=O) groups is 2. The summed E-state index contributed by atoms with van der Waals surface area (Å²) < 4.78 is 31.3. The summed E-state index contributed by atoms with van der Waals surface area (Å²) in [6.07, 6.45) is -1.75. The van der Waals surface area contributed by atoms with Crippen molar-refractivity contribution >= 4 is 11.9 Å². The molecule has 0 aromatic carbocycles. The number of carbonyl (C=O) groups excluding carboxylic acids is 1. The lowest BCUT2D eigenvalue weighted by Gasteiger charge is -2.36. The number of hydrogen-bond acceptors (Lipinski definition) is 3. The average Bonchev–Trinajstić information content (AvgIpc) is 2.18. The predicted molar refractivity (Wildman–Crippen MR) is 63.9 cm³/mol. The molecule has 0 aromatic heterocycles. The van der Waals surface area contributed by atoms with Crippen LogP contribution < -0.4 is 0 Å². The number of ether oxygens (including phenoxy) is 1. The molecule has 0 radical (unpaired) electrons. The molecule has 0 saturated heterocycles. The van der Waals surface area contributed by atoms with E-state index in [0.717, 1.165) is 0 Å². The highest BCUT2D eigenvalue weighted by Gasteiger charge is 2.49. The highest BCUT2D eigenvalue weighted by molar-refractivity contribution is 5.82. The summed E-state index contributed by atoms with van der Waals surface area (Å²) in [7, 11) is 0. The van der Waals surface area contributed by atoms with Crippen LogP contribution in [-0.2, 0) is 14.3 Å². The Labute approximate surface area is 111 Å². The molecule has 1 N–H and O–H groups in total. The molecular formula is C13H20F2O4. The molecule has 0 amide bonds. The molecule has 1 fully saturated rings. The van der Waals surface area contributed by atoms with E-state index < -0.39 is 41.7 Å². The first-order valence-corrected chi connectivity index (χ1v) is 6.29. The molecule has 19 heavy (non-hydrogen) atoms. The van der Waals surface area contributed by atoms with Gasteiger partial charge >= 0.3 is 11.9 Å². The van der Waals surface area contributed by atoms with E-state index in [1.807, 2.05) is 0 Å². The van der Waals surface area contributed by atoms with Gasteiger partial charge in [-0.3, -0.25) is 9.59 Å². The smallest absolute Gasteiger partial charge is 0.310 e. The molecule has 110 valence electrons. The summed E-state index contributed by atoms with van der Waals surface area (Å²) in [6.45, 7) is 5.02. The fourth-order valence-electron chi connectivity index (χ4n) is 2.21. The van der Waals surface area contributed by atoms with Crippen molar-refractivity contribution in [3.63, 3.8) is 0 Å². The number of hydrogen-bond donors (Lipinski definition) is 1. The van der Waals surface area contributed by atoms with Crippen LogP contribution >= 0.6 is 0 Å². The van der Waals surface area contributed by atoms with Gasteiger partial charge in [-0.1, -0.05) is 0 Å². The van der Waals surface area contributed by atoms with Gasteiger partial charge in [0.1, 0.15) is 5.60 Å². The zero-order chi connectivity index (χ0) is 14.9. The van der Waals surface area contributed by atoms with Crippen molar-refractivity contribution < 1.29 is 28.2 Å². The maximum absolute atomic E-state index is 13.1. The van der Waals surface area contributed by atoms with Crippen molar-refractivity contribution in [1.29, 1.82) is 0 Å². The fourth-order valence-corrected chi connectivity index (χ4v) is 2.21. The van der Waals surface area contributed by atoms with Crippen molar-refractivity contribution in [2.24, 2.45) is 5.41 Å². The van der Waals surface area contributed by atoms with Crippen molar-refractivity contribution in [3.05, 3.63) is 0 Å². The van der Waals surface area contributed by atoms with Crippen molar-refractivity contribution in [2.75, 3.05) is 0 Å². The summed E-state index contributed by atoms with van der Waals surface area (Å²) in [5.74, 6) is -4.68. The first-order chi connectivity index (χ1) is 8.46. The Balaban J connectivity index is 2.75. The summed E-state index contributed by atoms with van der Waals surface area (Å²) >= 11 is 0. The average molecular weight is 278 g/mol. The Bertz CT molecular complexity index is 361. The van der Waals surface area contributed by atoms with Gasteiger partial charge < -0.3 is 9.84 Å². The minimum absolute atomic E-state index is 0.200. The van der Waals surface area contributed by atoms with E-state index in [4.69, 9.17) is 4.74 Å². The summed E-state index contributed by atoms with van der Waals surface area (Å²) in [4.78, 5) is 23.1. The number of carboxylic acids is 1. The molecule has 6 heteroatoms. The van der Waals surface area contributed by atoms with Crippen LogP contribution in [0, 0.1) is 5.41 Å². The molecule has 0 atom stereocenters. The van der Waals surface area contributed by atoms with E-state index in [-0.39, 0.29) is 19.3 Å². The molecule has 0 heterocycles. The Hall–Kier alpha value is -1.20. The third-order valence-corrected chi connectivity index (χ3v) is 3.30. The largest absolute Gasteiger partial charge is 0.481 e. The van der Waals surface area contributed by atoms with E-state index in [1.54, 1.807) is 20.8 Å². The van der Waals surface area contributed by atoms with Gasteiger partial charge in [0.05, 0.1) is 11.8 Å². The maximum Gasteiger partial charge on any atom is 0.310 e. The predicted octanol–water partition coefficient (Wildman–Crippen LogP) is 3.00. The number of esters is 1. The number of aliphatic carboxylic acids is 1. The minimum Gasteiger partial charge on any atom is -0.481 e. The molecule has 1 saturated carbocycles. The molecular weight excluding hydrogens is 258 g/mol. The van der Waals surface area contributed by atoms with Crippen LogP contribution in [0.25, 0.3) is 0 Å². The van der Waals surface area contributed by atoms with Gasteiger partial charge in [0.25, 0.3) is 0 Å². The molecule has 0 aliphatic heterocycles. The summed E-state index contributed by atoms with van der Waals surface area (Å²) in [5, 5.41) is 9.25. The molecule has 0 spiro atoms. The third kappa shape index (κ3) is 4.44. The van der Waals surface area contributed by atoms with Crippen LogP contribution in [-0.4, -0.2) is 28.6 Å². The number of carboxylic acid groups (broad SMARTS) is 1. The second-order valence-corrected chi connectivity index (χ2v) is 6.20. The first-order valence-electron chi connectivity index (χ1n) is 6.29. The topological polar surface area (TPSA) is 63.6 Å². The number of rotatable bonds is 3. The van der Waals surface area contributed by atoms with Gasteiger partial charge in [0.2, 0.25) is 5.92 Å². The Kier molecular flexibility index (Phi) is 4.22. The van der Waals surface area contributed by atoms with Crippen LogP contribution in [0.4, 0.5) is 8.78 Å². The first kappa shape index (κ1) is 15.9. The van der Waals surface area contributed by atoms with Crippen LogP contribution in [0.1, 0.15) is 52.9 Å². The lowest BCUT2D eigenvalue weighted by molar-refractivity contribution is -0.171. The van der Waals surface area contributed by atoms with E-state index in [2.05, 4.69) is 0 Å². The minimum atomic E-state index is -2.83. The zero-order valence-corrected chi connectivity index (χ0v) is 11.5. The molecule has 1 aliphatic carbocycles. The van der Waals surface area contributed by atoms with E-state index in [1.165, 1.54) is 0 Å². The Morgan fingerprint density at radius 1 is 1.16 bits per heavy atom. The second kappa shape index (κ2) is 5.06. The molecule has 1 aliphatic rings. The molecule has 1 rings (SSSR count). The second-order valence-electron chi connectivity index (χ2n) is 6.20. The van der Waals surface area contributed by atoms with Gasteiger partial charge in [-0.05, 0) is 33.6 Å². The maximum atomic E-state index is 13.1. The van der Waals surface area contributed by atoms with E-state index in [9.17, 15) is 23.5 Å². The van der Waals surface area contributed by atoms with E-state index in [0.29, 0.717) is 0 Å². The van der Waals surface area contributed by atoms with Crippen molar-refractivity contribution in [2.45, 2.75) is 64.4 Å². The van der Waals surface area contributed by atoms with Gasteiger partial charge in [-0.25, -0.2) is 8.78 Å². The Morgan fingerprint density at radius 2 is 1.63 bits per heavy atom. The zero-order valence-electron chi connectivity index (χ0n) is 11.5. The SMILES string of the molecule is CC(C)(C)OC(=O)CC1(C(=O)O)CCC(F)(F)CC1. The fraction of sp³-hybridized carbons (Fsp3) is 0.846. The van der Waals surface area contributed by atoms with Crippen LogP contribution in [0.5, 0.6) is 0 Å². The monoisotopic (exact) mass is 278 g/mol. The third-order valence-electron chi connectivity index (χ3n) is 3.30. The standard InChI is InChI=1S/C13H20F2O4/c1-11(2,3)19-9(16)8-12(10(17)18)4-6-13(14,15)7-5-12/h4-8H2,1-3H3,(H,17,18). The molecule has 4 nitrogen and oxygen atoms in total. The van der Waals surface area contributed by atoms with Crippen LogP contribution in [0.2, 0.25) is 0 Å². The normalized spacial score (nSPS) is 21.7. The van der Waals surface area contributed by atoms with Gasteiger partial charge in [-0.2, -0.15) is 0 Å².